The molecule has 0 radical (unpaired) electrons. The van der Waals surface area contributed by atoms with Crippen molar-refractivity contribution in [3.05, 3.63) is 215 Å². The Morgan fingerprint density at radius 1 is 0.647 bits per heavy atom. The highest BCUT2D eigenvalue weighted by molar-refractivity contribution is 5.76. The Hall–Kier alpha value is -6.01. The van der Waals surface area contributed by atoms with Gasteiger partial charge in [-0.05, 0) is 40.7 Å². The zero-order valence-electron chi connectivity index (χ0n) is 28.7. The first-order valence-electron chi connectivity index (χ1n) is 17.8. The number of hydrogen-bond acceptors (Lipinski definition) is 3. The SMILES string of the molecule is O=C(CCc1cn(C(c2ccccc2)(c2ccccc2)c2ccccc2)cn1)NCCc1cnc(CCC(c2ccccc2)c2ccccc2)[nH]1. The number of amides is 1. The number of aryl methyl sites for hydroxylation is 2. The van der Waals surface area contributed by atoms with Crippen LogP contribution >= 0.6 is 0 Å². The molecular formula is C45H43N5O. The van der Waals surface area contributed by atoms with E-state index >= 15 is 0 Å². The number of benzene rings is 5. The number of imidazole rings is 2. The van der Waals surface area contributed by atoms with Crippen LogP contribution in [0.15, 0.2) is 170 Å². The second-order valence-electron chi connectivity index (χ2n) is 12.9. The summed E-state index contributed by atoms with van der Waals surface area (Å²) in [6.45, 7) is 0.546. The summed E-state index contributed by atoms with van der Waals surface area (Å²) in [6, 6.07) is 53.0. The topological polar surface area (TPSA) is 75.6 Å². The van der Waals surface area contributed by atoms with E-state index in [4.69, 9.17) is 4.98 Å². The van der Waals surface area contributed by atoms with E-state index in [0.29, 0.717) is 31.7 Å². The van der Waals surface area contributed by atoms with E-state index in [1.165, 1.54) is 11.1 Å². The summed E-state index contributed by atoms with van der Waals surface area (Å²) in [6.07, 6.45) is 9.29. The number of rotatable bonds is 15. The van der Waals surface area contributed by atoms with Gasteiger partial charge in [-0.25, -0.2) is 9.97 Å². The van der Waals surface area contributed by atoms with Gasteiger partial charge in [-0.15, -0.1) is 0 Å². The van der Waals surface area contributed by atoms with E-state index in [1.807, 2.05) is 30.7 Å². The molecule has 254 valence electrons. The zero-order valence-corrected chi connectivity index (χ0v) is 28.7. The maximum Gasteiger partial charge on any atom is 0.220 e. The second kappa shape index (κ2) is 16.1. The number of hydrogen-bond donors (Lipinski definition) is 2. The van der Waals surface area contributed by atoms with Crippen molar-refractivity contribution in [2.75, 3.05) is 6.54 Å². The first kappa shape index (κ1) is 33.5. The third-order valence-electron chi connectivity index (χ3n) is 9.68. The predicted octanol–water partition coefficient (Wildman–Crippen LogP) is 8.50. The first-order chi connectivity index (χ1) is 25.2. The highest BCUT2D eigenvalue weighted by Gasteiger charge is 2.38. The molecule has 0 aliphatic carbocycles. The highest BCUT2D eigenvalue weighted by atomic mass is 16.1. The Kier molecular flexibility index (Phi) is 10.6. The van der Waals surface area contributed by atoms with E-state index in [0.717, 1.165) is 46.7 Å². The number of aromatic nitrogens is 4. The summed E-state index contributed by atoms with van der Waals surface area (Å²) in [5, 5.41) is 3.10. The quantitative estimate of drug-likeness (QED) is 0.108. The fourth-order valence-corrected chi connectivity index (χ4v) is 7.17. The molecule has 0 aliphatic rings. The summed E-state index contributed by atoms with van der Waals surface area (Å²) in [7, 11) is 0. The van der Waals surface area contributed by atoms with Crippen molar-refractivity contribution in [3.63, 3.8) is 0 Å². The summed E-state index contributed by atoms with van der Waals surface area (Å²) >= 11 is 0. The largest absolute Gasteiger partial charge is 0.356 e. The van der Waals surface area contributed by atoms with Gasteiger partial charge in [0.2, 0.25) is 5.91 Å². The molecule has 51 heavy (non-hydrogen) atoms. The van der Waals surface area contributed by atoms with Crippen LogP contribution in [0.5, 0.6) is 0 Å². The lowest BCUT2D eigenvalue weighted by Gasteiger charge is -2.37. The Morgan fingerprint density at radius 2 is 1.16 bits per heavy atom. The van der Waals surface area contributed by atoms with E-state index in [2.05, 4.69) is 160 Å². The van der Waals surface area contributed by atoms with Crippen molar-refractivity contribution in [3.8, 4) is 0 Å². The minimum atomic E-state index is -0.621. The van der Waals surface area contributed by atoms with Crippen molar-refractivity contribution in [1.29, 1.82) is 0 Å². The molecule has 1 amide bonds. The molecule has 0 bridgehead atoms. The van der Waals surface area contributed by atoms with Gasteiger partial charge < -0.3 is 14.9 Å². The maximum absolute atomic E-state index is 13.0. The van der Waals surface area contributed by atoms with Gasteiger partial charge >= 0.3 is 0 Å². The lowest BCUT2D eigenvalue weighted by atomic mass is 9.77. The van der Waals surface area contributed by atoms with Crippen LogP contribution in [0.25, 0.3) is 0 Å². The molecule has 2 N–H and O–H groups in total. The van der Waals surface area contributed by atoms with Gasteiger partial charge in [-0.1, -0.05) is 152 Å². The Bertz CT molecular complexity index is 1960. The van der Waals surface area contributed by atoms with E-state index in [9.17, 15) is 4.79 Å². The molecule has 6 heteroatoms. The second-order valence-corrected chi connectivity index (χ2v) is 12.9. The van der Waals surface area contributed by atoms with E-state index in [1.54, 1.807) is 0 Å². The van der Waals surface area contributed by atoms with Crippen molar-refractivity contribution in [2.24, 2.45) is 0 Å². The summed E-state index contributed by atoms with van der Waals surface area (Å²) in [5.41, 5.74) is 7.32. The average molecular weight is 670 g/mol. The van der Waals surface area contributed by atoms with Gasteiger partial charge in [-0.3, -0.25) is 4.79 Å². The normalized spacial score (nSPS) is 11.5. The van der Waals surface area contributed by atoms with E-state index in [-0.39, 0.29) is 5.91 Å². The number of nitrogens with one attached hydrogen (secondary N) is 2. The van der Waals surface area contributed by atoms with Crippen LogP contribution in [0, 0.1) is 0 Å². The molecule has 0 saturated carbocycles. The molecule has 2 heterocycles. The number of nitrogens with zero attached hydrogens (tertiary/aromatic N) is 3. The summed E-state index contributed by atoms with van der Waals surface area (Å²) in [5.74, 6) is 1.29. The Labute approximate surface area is 300 Å². The summed E-state index contributed by atoms with van der Waals surface area (Å²) in [4.78, 5) is 25.9. The van der Waals surface area contributed by atoms with Gasteiger partial charge in [0, 0.05) is 49.8 Å². The van der Waals surface area contributed by atoms with Crippen LogP contribution in [0.2, 0.25) is 0 Å². The third kappa shape index (κ3) is 7.76. The van der Waals surface area contributed by atoms with Gasteiger partial charge in [0.05, 0.1) is 12.0 Å². The third-order valence-corrected chi connectivity index (χ3v) is 9.68. The predicted molar refractivity (Wildman–Crippen MR) is 204 cm³/mol. The standard InChI is InChI=1S/C45H43N5O/c51-44(46-31-30-40-32-47-43(49-40)28-27-42(35-16-6-1-7-17-35)36-18-8-2-9-19-36)29-26-41-33-50(34-48-41)45(37-20-10-3-11-21-37,38-22-12-4-13-23-38)39-24-14-5-15-25-39/h1-25,32-34,42H,26-31H2,(H,46,51)(H,47,49). The monoisotopic (exact) mass is 669 g/mol. The molecule has 0 fully saturated rings. The average Bonchev–Trinajstić information content (AvgIpc) is 3.87. The number of carbonyl (C=O) groups is 1. The minimum absolute atomic E-state index is 0.0123. The van der Waals surface area contributed by atoms with Gasteiger partial charge in [0.15, 0.2) is 0 Å². The first-order valence-corrected chi connectivity index (χ1v) is 17.8. The smallest absolute Gasteiger partial charge is 0.220 e. The molecule has 5 aromatic carbocycles. The lowest BCUT2D eigenvalue weighted by molar-refractivity contribution is -0.121. The fraction of sp³-hybridized carbons (Fsp3) is 0.178. The molecule has 7 aromatic rings. The van der Waals surface area contributed by atoms with Crippen molar-refractivity contribution in [2.45, 2.75) is 43.6 Å². The molecule has 7 rings (SSSR count). The number of aromatic amines is 1. The zero-order chi connectivity index (χ0) is 34.7. The van der Waals surface area contributed by atoms with Crippen molar-refractivity contribution in [1.82, 2.24) is 24.8 Å². The van der Waals surface area contributed by atoms with Crippen LogP contribution in [0.3, 0.4) is 0 Å². The molecule has 0 atom stereocenters. The van der Waals surface area contributed by atoms with E-state index < -0.39 is 5.54 Å². The minimum Gasteiger partial charge on any atom is -0.356 e. The van der Waals surface area contributed by atoms with Gasteiger partial charge in [0.1, 0.15) is 11.4 Å². The number of H-pyrrole nitrogens is 1. The Balaban J connectivity index is 0.963. The Morgan fingerprint density at radius 3 is 1.69 bits per heavy atom. The van der Waals surface area contributed by atoms with Crippen molar-refractivity contribution < 1.29 is 4.79 Å². The highest BCUT2D eigenvalue weighted by Crippen LogP contribution is 2.40. The van der Waals surface area contributed by atoms with Crippen LogP contribution in [-0.2, 0) is 29.6 Å². The molecule has 0 saturated heterocycles. The van der Waals surface area contributed by atoms with Crippen molar-refractivity contribution >= 4 is 5.91 Å². The lowest BCUT2D eigenvalue weighted by Crippen LogP contribution is -2.36. The van der Waals surface area contributed by atoms with Gasteiger partial charge in [0.25, 0.3) is 0 Å². The fourth-order valence-electron chi connectivity index (χ4n) is 7.17. The molecular weight excluding hydrogens is 627 g/mol. The van der Waals surface area contributed by atoms with Crippen LogP contribution in [0.4, 0.5) is 0 Å². The van der Waals surface area contributed by atoms with Crippen LogP contribution in [0.1, 0.15) is 63.8 Å². The maximum atomic E-state index is 13.0. The van der Waals surface area contributed by atoms with Crippen LogP contribution < -0.4 is 5.32 Å². The summed E-state index contributed by atoms with van der Waals surface area (Å²) < 4.78 is 2.19. The van der Waals surface area contributed by atoms with Crippen LogP contribution in [-0.4, -0.2) is 32.0 Å². The molecule has 0 aliphatic heterocycles. The van der Waals surface area contributed by atoms with Gasteiger partial charge in [-0.2, -0.15) is 0 Å². The molecule has 0 spiro atoms. The molecule has 2 aromatic heterocycles. The molecule has 0 unspecified atom stereocenters. The molecule has 6 nitrogen and oxygen atoms in total. The number of carbonyl (C=O) groups excluding carboxylic acids is 1.